The molecule has 1 aromatic carbocycles. The molecular formula is C18H19ClN2O3S. The van der Waals surface area contributed by atoms with Gasteiger partial charge in [-0.3, -0.25) is 9.78 Å². The lowest BCUT2D eigenvalue weighted by Crippen LogP contribution is -2.34. The largest absolute Gasteiger partial charge is 0.341 e. The molecule has 0 unspecified atom stereocenters. The maximum absolute atomic E-state index is 12.7. The summed E-state index contributed by atoms with van der Waals surface area (Å²) in [5, 5.41) is -0.219. The smallest absolute Gasteiger partial charge is 0.227 e. The van der Waals surface area contributed by atoms with Gasteiger partial charge in [0.1, 0.15) is 0 Å². The van der Waals surface area contributed by atoms with Gasteiger partial charge in [0.25, 0.3) is 0 Å². The molecule has 1 aromatic heterocycles. The van der Waals surface area contributed by atoms with Gasteiger partial charge in [-0.1, -0.05) is 35.9 Å². The Bertz CT molecular complexity index is 856. The number of halogens is 1. The Kier molecular flexibility index (Phi) is 5.39. The second-order valence-corrected chi connectivity index (χ2v) is 8.79. The molecule has 0 saturated carbocycles. The number of rotatable bonds is 3. The number of carbonyl (C=O) groups is 1. The number of amides is 1. The monoisotopic (exact) mass is 378 g/mol. The fourth-order valence-corrected chi connectivity index (χ4v) is 5.22. The Hall–Kier alpha value is -1.92. The lowest BCUT2D eigenvalue weighted by Gasteiger charge is -2.20. The van der Waals surface area contributed by atoms with Gasteiger partial charge in [0.05, 0.1) is 17.4 Å². The van der Waals surface area contributed by atoms with Gasteiger partial charge in [-0.05, 0) is 29.7 Å². The van der Waals surface area contributed by atoms with Crippen molar-refractivity contribution in [2.45, 2.75) is 18.1 Å². The Labute approximate surface area is 152 Å². The van der Waals surface area contributed by atoms with Crippen LogP contribution in [0.2, 0.25) is 5.02 Å². The average molecular weight is 379 g/mol. The van der Waals surface area contributed by atoms with E-state index < -0.39 is 15.1 Å². The minimum Gasteiger partial charge on any atom is -0.341 e. The molecule has 2 heterocycles. The summed E-state index contributed by atoms with van der Waals surface area (Å²) in [4.78, 5) is 18.1. The van der Waals surface area contributed by atoms with Crippen LogP contribution in [0, 0.1) is 0 Å². The van der Waals surface area contributed by atoms with Crippen LogP contribution < -0.4 is 0 Å². The van der Waals surface area contributed by atoms with Crippen LogP contribution in [0.25, 0.3) is 0 Å². The molecule has 0 aliphatic carbocycles. The zero-order chi connectivity index (χ0) is 17.9. The molecule has 7 heteroatoms. The summed E-state index contributed by atoms with van der Waals surface area (Å²) in [6.07, 6.45) is 3.88. The first-order chi connectivity index (χ1) is 12.0. The van der Waals surface area contributed by atoms with Crippen LogP contribution in [-0.2, 0) is 21.1 Å². The lowest BCUT2D eigenvalue weighted by molar-refractivity contribution is -0.130. The molecule has 3 rings (SSSR count). The third-order valence-corrected chi connectivity index (χ3v) is 6.88. The van der Waals surface area contributed by atoms with E-state index in [0.717, 1.165) is 5.56 Å². The molecule has 0 radical (unpaired) electrons. The number of hydrogen-bond donors (Lipinski definition) is 0. The summed E-state index contributed by atoms with van der Waals surface area (Å²) in [6, 6.07) is 10.6. The van der Waals surface area contributed by atoms with Crippen LogP contribution >= 0.6 is 11.6 Å². The minimum absolute atomic E-state index is 0.0539. The zero-order valence-corrected chi connectivity index (χ0v) is 15.2. The van der Waals surface area contributed by atoms with Crippen LogP contribution in [-0.4, -0.2) is 43.1 Å². The Morgan fingerprint density at radius 1 is 1.20 bits per heavy atom. The molecule has 1 atom stereocenters. The van der Waals surface area contributed by atoms with Crippen molar-refractivity contribution in [2.24, 2.45) is 0 Å². The molecule has 1 amide bonds. The highest BCUT2D eigenvalue weighted by molar-refractivity contribution is 7.91. The second-order valence-electron chi connectivity index (χ2n) is 6.08. The van der Waals surface area contributed by atoms with Gasteiger partial charge in [-0.25, -0.2) is 8.42 Å². The number of hydrogen-bond acceptors (Lipinski definition) is 4. The van der Waals surface area contributed by atoms with Crippen LogP contribution in [0.1, 0.15) is 22.8 Å². The fourth-order valence-electron chi connectivity index (χ4n) is 3.07. The van der Waals surface area contributed by atoms with Gasteiger partial charge < -0.3 is 4.90 Å². The Morgan fingerprint density at radius 2 is 2.00 bits per heavy atom. The van der Waals surface area contributed by atoms with Crippen molar-refractivity contribution >= 4 is 27.3 Å². The van der Waals surface area contributed by atoms with Gasteiger partial charge >= 0.3 is 0 Å². The van der Waals surface area contributed by atoms with E-state index in [1.807, 2.05) is 6.07 Å². The molecule has 132 valence electrons. The number of aromatic nitrogens is 1. The van der Waals surface area contributed by atoms with E-state index in [1.165, 1.54) is 0 Å². The first-order valence-electron chi connectivity index (χ1n) is 8.10. The number of nitrogens with zero attached hydrogens (tertiary/aromatic N) is 2. The van der Waals surface area contributed by atoms with Crippen molar-refractivity contribution in [3.05, 3.63) is 64.9 Å². The van der Waals surface area contributed by atoms with E-state index in [9.17, 15) is 13.2 Å². The highest BCUT2D eigenvalue weighted by atomic mass is 35.5. The van der Waals surface area contributed by atoms with Gasteiger partial charge in [-0.2, -0.15) is 0 Å². The van der Waals surface area contributed by atoms with Crippen LogP contribution in [0.5, 0.6) is 0 Å². The van der Waals surface area contributed by atoms with Gasteiger partial charge in [0.2, 0.25) is 5.91 Å². The molecule has 0 spiro atoms. The van der Waals surface area contributed by atoms with E-state index >= 15 is 0 Å². The predicted octanol–water partition coefficient (Wildman–Crippen LogP) is 2.67. The number of carbonyl (C=O) groups excluding carboxylic acids is 1. The molecule has 0 bridgehead atoms. The zero-order valence-electron chi connectivity index (χ0n) is 13.6. The standard InChI is InChI=1S/C18H19ClN2O3S/c19-16-6-2-1-5-15(16)17-7-9-21(10-11-25(17,23)24)18(22)12-14-4-3-8-20-13-14/h1-6,8,13,17H,7,9-12H2/t17-/m1/s1. The highest BCUT2D eigenvalue weighted by Crippen LogP contribution is 2.33. The molecule has 1 fully saturated rings. The summed E-state index contributed by atoms with van der Waals surface area (Å²) in [7, 11) is -3.37. The molecule has 5 nitrogen and oxygen atoms in total. The van der Waals surface area contributed by atoms with Crippen molar-refractivity contribution in [2.75, 3.05) is 18.8 Å². The summed E-state index contributed by atoms with van der Waals surface area (Å²) >= 11 is 6.19. The van der Waals surface area contributed by atoms with E-state index in [4.69, 9.17) is 11.6 Å². The number of sulfone groups is 1. The SMILES string of the molecule is O=C(Cc1cccnc1)N1CC[C@H](c2ccccc2Cl)S(=O)(=O)CC1. The summed E-state index contributed by atoms with van der Waals surface area (Å²) in [5.41, 5.74) is 1.44. The van der Waals surface area contributed by atoms with Crippen LogP contribution in [0.4, 0.5) is 0 Å². The molecule has 1 aliphatic rings. The molecule has 1 saturated heterocycles. The minimum atomic E-state index is -3.37. The highest BCUT2D eigenvalue weighted by Gasteiger charge is 2.33. The normalized spacial score (nSPS) is 20.0. The molecule has 25 heavy (non-hydrogen) atoms. The first kappa shape index (κ1) is 17.9. The van der Waals surface area contributed by atoms with Crippen LogP contribution in [0.3, 0.4) is 0 Å². The number of benzene rings is 1. The van der Waals surface area contributed by atoms with Crippen molar-refractivity contribution < 1.29 is 13.2 Å². The average Bonchev–Trinajstić information content (AvgIpc) is 2.75. The Balaban J connectivity index is 1.76. The summed E-state index contributed by atoms with van der Waals surface area (Å²) < 4.78 is 25.3. The maximum atomic E-state index is 12.7. The van der Waals surface area contributed by atoms with Crippen molar-refractivity contribution in [3.8, 4) is 0 Å². The third kappa shape index (κ3) is 4.19. The molecule has 1 aliphatic heterocycles. The van der Waals surface area contributed by atoms with E-state index in [2.05, 4.69) is 4.98 Å². The number of pyridine rings is 1. The fraction of sp³-hybridized carbons (Fsp3) is 0.333. The molecule has 0 N–H and O–H groups in total. The van der Waals surface area contributed by atoms with Crippen LogP contribution in [0.15, 0.2) is 48.8 Å². The van der Waals surface area contributed by atoms with Crippen molar-refractivity contribution in [1.29, 1.82) is 0 Å². The molecule has 2 aromatic rings. The predicted molar refractivity (Wildman–Crippen MR) is 97.1 cm³/mol. The van der Waals surface area contributed by atoms with Crippen molar-refractivity contribution in [3.63, 3.8) is 0 Å². The lowest BCUT2D eigenvalue weighted by atomic mass is 10.1. The first-order valence-corrected chi connectivity index (χ1v) is 10.2. The summed E-state index contributed by atoms with van der Waals surface area (Å²) in [6.45, 7) is 0.608. The quantitative estimate of drug-likeness (QED) is 0.823. The van der Waals surface area contributed by atoms with Gasteiger partial charge in [0, 0.05) is 30.5 Å². The van der Waals surface area contributed by atoms with Gasteiger partial charge in [-0.15, -0.1) is 0 Å². The van der Waals surface area contributed by atoms with Gasteiger partial charge in [0.15, 0.2) is 9.84 Å². The Morgan fingerprint density at radius 3 is 2.72 bits per heavy atom. The van der Waals surface area contributed by atoms with E-state index in [0.29, 0.717) is 23.6 Å². The summed E-state index contributed by atoms with van der Waals surface area (Å²) in [5.74, 6) is -0.134. The third-order valence-electron chi connectivity index (χ3n) is 4.42. The second kappa shape index (κ2) is 7.54. The molecular weight excluding hydrogens is 360 g/mol. The maximum Gasteiger partial charge on any atom is 0.227 e. The van der Waals surface area contributed by atoms with E-state index in [-0.39, 0.29) is 24.6 Å². The van der Waals surface area contributed by atoms with Crippen molar-refractivity contribution in [1.82, 2.24) is 9.88 Å². The van der Waals surface area contributed by atoms with E-state index in [1.54, 1.807) is 47.6 Å². The topological polar surface area (TPSA) is 67.3 Å².